The van der Waals surface area contributed by atoms with Crippen LogP contribution in [0.2, 0.25) is 0 Å². The lowest BCUT2D eigenvalue weighted by Crippen LogP contribution is -2.20. The van der Waals surface area contributed by atoms with Crippen LogP contribution in [0.1, 0.15) is 22.9 Å². The zero-order chi connectivity index (χ0) is 23.0. The molecule has 1 amide bonds. The number of aryl methyl sites for hydroxylation is 1. The van der Waals surface area contributed by atoms with E-state index in [2.05, 4.69) is 22.4 Å². The minimum Gasteiger partial charge on any atom is -0.494 e. The molecule has 0 unspecified atom stereocenters. The maximum absolute atomic E-state index is 12.5. The molecule has 0 bridgehead atoms. The maximum atomic E-state index is 12.5. The van der Waals surface area contributed by atoms with E-state index in [1.807, 2.05) is 80.6 Å². The van der Waals surface area contributed by atoms with Crippen LogP contribution in [0, 0.1) is 6.92 Å². The molecular weight excluding hydrogens is 432 g/mol. The van der Waals surface area contributed by atoms with Gasteiger partial charge >= 0.3 is 0 Å². The quantitative estimate of drug-likeness (QED) is 0.328. The van der Waals surface area contributed by atoms with Crippen LogP contribution >= 0.6 is 11.3 Å². The van der Waals surface area contributed by atoms with Crippen molar-refractivity contribution in [2.24, 2.45) is 0 Å². The number of anilines is 1. The van der Waals surface area contributed by atoms with Gasteiger partial charge in [-0.25, -0.2) is 4.98 Å². The molecule has 0 saturated carbocycles. The number of carbonyl (C=O) groups is 1. The molecule has 0 aliphatic rings. The van der Waals surface area contributed by atoms with Crippen LogP contribution in [-0.4, -0.2) is 24.1 Å². The van der Waals surface area contributed by atoms with Gasteiger partial charge in [-0.1, -0.05) is 48.5 Å². The zero-order valence-electron chi connectivity index (χ0n) is 18.7. The predicted octanol–water partition coefficient (Wildman–Crippen LogP) is 6.13. The Bertz CT molecular complexity index is 1200. The summed E-state index contributed by atoms with van der Waals surface area (Å²) in [5.41, 5.74) is 4.07. The molecule has 6 heteroatoms. The molecule has 168 valence electrons. The van der Waals surface area contributed by atoms with Gasteiger partial charge < -0.3 is 9.47 Å². The number of ether oxygens (including phenoxy) is 2. The van der Waals surface area contributed by atoms with Gasteiger partial charge in [0.25, 0.3) is 5.91 Å². The summed E-state index contributed by atoms with van der Waals surface area (Å²) in [7, 11) is 0. The third kappa shape index (κ3) is 5.99. The lowest BCUT2D eigenvalue weighted by Gasteiger charge is -2.11. The molecule has 0 saturated heterocycles. The van der Waals surface area contributed by atoms with E-state index in [0.29, 0.717) is 17.5 Å². The SMILES string of the molecule is CCOc1ccc(-c2nc(NC(=O)COc3ccccc3Cc3ccccc3)sc2C)cc1. The van der Waals surface area contributed by atoms with E-state index in [4.69, 9.17) is 9.47 Å². The lowest BCUT2D eigenvalue weighted by atomic mass is 10.0. The van der Waals surface area contributed by atoms with Crippen LogP contribution in [0.25, 0.3) is 11.3 Å². The summed E-state index contributed by atoms with van der Waals surface area (Å²) in [6.45, 7) is 4.50. The predicted molar refractivity (Wildman–Crippen MR) is 133 cm³/mol. The first-order chi connectivity index (χ1) is 16.1. The molecule has 1 heterocycles. The fraction of sp³-hybridized carbons (Fsp3) is 0.185. The van der Waals surface area contributed by atoms with Crippen molar-refractivity contribution in [2.75, 3.05) is 18.5 Å². The van der Waals surface area contributed by atoms with Crippen LogP contribution in [0.4, 0.5) is 5.13 Å². The fourth-order valence-electron chi connectivity index (χ4n) is 3.50. The van der Waals surface area contributed by atoms with E-state index < -0.39 is 0 Å². The Hall–Kier alpha value is -3.64. The largest absolute Gasteiger partial charge is 0.494 e. The van der Waals surface area contributed by atoms with E-state index in [1.54, 1.807) is 0 Å². The van der Waals surface area contributed by atoms with Crippen LogP contribution < -0.4 is 14.8 Å². The summed E-state index contributed by atoms with van der Waals surface area (Å²) in [4.78, 5) is 18.2. The number of hydrogen-bond donors (Lipinski definition) is 1. The number of nitrogens with one attached hydrogen (secondary N) is 1. The topological polar surface area (TPSA) is 60.5 Å². The maximum Gasteiger partial charge on any atom is 0.264 e. The van der Waals surface area contributed by atoms with E-state index in [-0.39, 0.29) is 12.5 Å². The monoisotopic (exact) mass is 458 g/mol. The minimum absolute atomic E-state index is 0.0805. The highest BCUT2D eigenvalue weighted by Gasteiger charge is 2.13. The summed E-state index contributed by atoms with van der Waals surface area (Å²) in [5.74, 6) is 1.30. The normalized spacial score (nSPS) is 10.6. The van der Waals surface area contributed by atoms with Crippen molar-refractivity contribution in [1.82, 2.24) is 4.98 Å². The molecule has 0 atom stereocenters. The van der Waals surface area contributed by atoms with Gasteiger partial charge in [-0.05, 0) is 55.3 Å². The third-order valence-electron chi connectivity index (χ3n) is 5.05. The summed E-state index contributed by atoms with van der Waals surface area (Å²) < 4.78 is 11.4. The Kier molecular flexibility index (Phi) is 7.37. The van der Waals surface area contributed by atoms with E-state index >= 15 is 0 Å². The first kappa shape index (κ1) is 22.6. The van der Waals surface area contributed by atoms with Gasteiger partial charge in [-0.15, -0.1) is 11.3 Å². The van der Waals surface area contributed by atoms with Gasteiger partial charge in [-0.2, -0.15) is 0 Å². The summed E-state index contributed by atoms with van der Waals surface area (Å²) >= 11 is 1.45. The molecule has 0 fully saturated rings. The molecule has 5 nitrogen and oxygen atoms in total. The van der Waals surface area contributed by atoms with Crippen molar-refractivity contribution in [1.29, 1.82) is 0 Å². The molecule has 0 spiro atoms. The number of rotatable bonds is 9. The van der Waals surface area contributed by atoms with Crippen LogP contribution in [0.5, 0.6) is 11.5 Å². The van der Waals surface area contributed by atoms with Crippen molar-refractivity contribution in [3.63, 3.8) is 0 Å². The summed E-state index contributed by atoms with van der Waals surface area (Å²) in [6.07, 6.45) is 0.746. The third-order valence-corrected chi connectivity index (χ3v) is 5.94. The number of thiazole rings is 1. The highest BCUT2D eigenvalue weighted by atomic mass is 32.1. The molecule has 4 rings (SSSR count). The Morgan fingerprint density at radius 1 is 0.939 bits per heavy atom. The average Bonchev–Trinajstić information content (AvgIpc) is 3.19. The average molecular weight is 459 g/mol. The number of amides is 1. The molecular formula is C27H26N2O3S. The Morgan fingerprint density at radius 3 is 2.42 bits per heavy atom. The van der Waals surface area contributed by atoms with Crippen molar-refractivity contribution < 1.29 is 14.3 Å². The smallest absolute Gasteiger partial charge is 0.264 e. The van der Waals surface area contributed by atoms with Crippen molar-refractivity contribution in [2.45, 2.75) is 20.3 Å². The molecule has 1 aromatic heterocycles. The second-order valence-electron chi connectivity index (χ2n) is 7.49. The highest BCUT2D eigenvalue weighted by molar-refractivity contribution is 7.16. The molecule has 4 aromatic rings. The first-order valence-corrected chi connectivity index (χ1v) is 11.7. The number of nitrogens with zero attached hydrogens (tertiary/aromatic N) is 1. The van der Waals surface area contributed by atoms with E-state index in [0.717, 1.165) is 33.9 Å². The number of benzene rings is 3. The molecule has 0 aliphatic heterocycles. The van der Waals surface area contributed by atoms with Gasteiger partial charge in [0.1, 0.15) is 11.5 Å². The molecule has 1 N–H and O–H groups in total. The Morgan fingerprint density at radius 2 is 1.67 bits per heavy atom. The second-order valence-corrected chi connectivity index (χ2v) is 8.69. The number of aromatic nitrogens is 1. The van der Waals surface area contributed by atoms with Crippen molar-refractivity contribution in [3.8, 4) is 22.8 Å². The molecule has 0 aliphatic carbocycles. The van der Waals surface area contributed by atoms with Crippen LogP contribution in [-0.2, 0) is 11.2 Å². The van der Waals surface area contributed by atoms with Gasteiger partial charge in [-0.3, -0.25) is 10.1 Å². The first-order valence-electron chi connectivity index (χ1n) is 10.9. The second kappa shape index (κ2) is 10.8. The van der Waals surface area contributed by atoms with E-state index in [1.165, 1.54) is 16.9 Å². The summed E-state index contributed by atoms with van der Waals surface area (Å²) in [5, 5.41) is 3.42. The number of carbonyl (C=O) groups excluding carboxylic acids is 1. The van der Waals surface area contributed by atoms with Gasteiger partial charge in [0.05, 0.1) is 12.3 Å². The Labute approximate surface area is 198 Å². The van der Waals surface area contributed by atoms with E-state index in [9.17, 15) is 4.79 Å². The van der Waals surface area contributed by atoms with Gasteiger partial charge in [0, 0.05) is 16.9 Å². The van der Waals surface area contributed by atoms with Gasteiger partial charge in [0.15, 0.2) is 11.7 Å². The molecule has 0 radical (unpaired) electrons. The van der Waals surface area contributed by atoms with Crippen LogP contribution in [0.15, 0.2) is 78.9 Å². The zero-order valence-corrected chi connectivity index (χ0v) is 19.5. The Balaban J connectivity index is 1.38. The van der Waals surface area contributed by atoms with Crippen molar-refractivity contribution >= 4 is 22.4 Å². The van der Waals surface area contributed by atoms with Crippen molar-refractivity contribution in [3.05, 3.63) is 94.9 Å². The fourth-order valence-corrected chi connectivity index (χ4v) is 4.35. The number of para-hydroxylation sites is 1. The van der Waals surface area contributed by atoms with Gasteiger partial charge in [0.2, 0.25) is 0 Å². The number of hydrogen-bond acceptors (Lipinski definition) is 5. The standard InChI is InChI=1S/C27H26N2O3S/c1-3-31-23-15-13-21(14-16-23)26-19(2)33-27(29-26)28-25(30)18-32-24-12-8-7-11-22(24)17-20-9-5-4-6-10-20/h4-16H,3,17-18H2,1-2H3,(H,28,29,30). The summed E-state index contributed by atoms with van der Waals surface area (Å²) in [6, 6.07) is 25.8. The molecule has 33 heavy (non-hydrogen) atoms. The highest BCUT2D eigenvalue weighted by Crippen LogP contribution is 2.31. The van der Waals surface area contributed by atoms with Crippen LogP contribution in [0.3, 0.4) is 0 Å². The molecule has 3 aromatic carbocycles. The lowest BCUT2D eigenvalue weighted by molar-refractivity contribution is -0.118. The minimum atomic E-state index is -0.239.